The number of nitrogens with zero attached hydrogens (tertiary/aromatic N) is 1. The van der Waals surface area contributed by atoms with Crippen molar-refractivity contribution in [2.75, 3.05) is 19.7 Å². The maximum atomic E-state index is 12.3. The Balaban J connectivity index is 2.24. The van der Waals surface area contributed by atoms with Gasteiger partial charge < -0.3 is 19.5 Å². The van der Waals surface area contributed by atoms with E-state index < -0.39 is 12.6 Å². The highest BCUT2D eigenvalue weighted by molar-refractivity contribution is 5.95. The van der Waals surface area contributed by atoms with Crippen molar-refractivity contribution in [3.8, 4) is 11.5 Å². The predicted molar refractivity (Wildman–Crippen MR) is 112 cm³/mol. The average molecular weight is 397 g/mol. The molecule has 1 amide bonds. The van der Waals surface area contributed by atoms with Gasteiger partial charge in [0.15, 0.2) is 18.1 Å². The highest BCUT2D eigenvalue weighted by atomic mass is 16.5. The molecule has 0 heterocycles. The summed E-state index contributed by atoms with van der Waals surface area (Å²) in [6.45, 7) is 6.83. The molecular formula is C23H27NO5. The van der Waals surface area contributed by atoms with E-state index in [2.05, 4.69) is 0 Å². The molecule has 0 aliphatic carbocycles. The lowest BCUT2D eigenvalue weighted by Crippen LogP contribution is -2.28. The molecule has 0 bridgehead atoms. The fourth-order valence-electron chi connectivity index (χ4n) is 2.76. The molecule has 2 aromatic carbocycles. The van der Waals surface area contributed by atoms with E-state index in [9.17, 15) is 9.59 Å². The Hall–Kier alpha value is -3.28. The van der Waals surface area contributed by atoms with Crippen LogP contribution in [0.5, 0.6) is 11.5 Å². The topological polar surface area (TPSA) is 76.1 Å². The van der Waals surface area contributed by atoms with E-state index >= 15 is 0 Å². The molecule has 154 valence electrons. The number of allylic oxidation sites excluding steroid dienone is 1. The van der Waals surface area contributed by atoms with Gasteiger partial charge in [-0.15, -0.1) is 0 Å². The van der Waals surface area contributed by atoms with Crippen LogP contribution in [0.15, 0.2) is 54.6 Å². The molecule has 0 aliphatic rings. The molecule has 0 saturated heterocycles. The van der Waals surface area contributed by atoms with Crippen LogP contribution in [0.3, 0.4) is 0 Å². The van der Waals surface area contributed by atoms with E-state index in [1.54, 1.807) is 23.1 Å². The molecule has 6 nitrogen and oxygen atoms in total. The van der Waals surface area contributed by atoms with Gasteiger partial charge in [0.05, 0.1) is 0 Å². The Kier molecular flexibility index (Phi) is 8.27. The van der Waals surface area contributed by atoms with Crippen LogP contribution in [-0.4, -0.2) is 41.6 Å². The van der Waals surface area contributed by atoms with Gasteiger partial charge in [-0.2, -0.15) is 0 Å². The van der Waals surface area contributed by atoms with E-state index in [1.165, 1.54) is 0 Å². The fraction of sp³-hybridized carbons (Fsp3) is 0.304. The zero-order valence-electron chi connectivity index (χ0n) is 17.1. The summed E-state index contributed by atoms with van der Waals surface area (Å²) in [7, 11) is 0. The Bertz CT molecular complexity index is 857. The molecular weight excluding hydrogens is 370 g/mol. The second-order valence-corrected chi connectivity index (χ2v) is 6.46. The summed E-state index contributed by atoms with van der Waals surface area (Å²) < 4.78 is 11.3. The van der Waals surface area contributed by atoms with Gasteiger partial charge in [-0.1, -0.05) is 36.4 Å². The van der Waals surface area contributed by atoms with Crippen molar-refractivity contribution in [2.24, 2.45) is 0 Å². The van der Waals surface area contributed by atoms with Crippen molar-refractivity contribution in [1.29, 1.82) is 0 Å². The van der Waals surface area contributed by atoms with Gasteiger partial charge in [-0.25, -0.2) is 4.79 Å². The highest BCUT2D eigenvalue weighted by Crippen LogP contribution is 2.31. The summed E-state index contributed by atoms with van der Waals surface area (Å²) in [5.41, 5.74) is 2.51. The molecule has 1 N–H and O–H groups in total. The van der Waals surface area contributed by atoms with Crippen LogP contribution >= 0.6 is 0 Å². The monoisotopic (exact) mass is 397 g/mol. The SMILES string of the molecule is CCN(CC)C(=O)/C=C(/C)c1ccc(OCc2ccccc2)c(OCC(=O)O)c1. The molecule has 0 saturated carbocycles. The molecule has 0 radical (unpaired) electrons. The summed E-state index contributed by atoms with van der Waals surface area (Å²) in [5.74, 6) is -0.371. The lowest BCUT2D eigenvalue weighted by atomic mass is 10.1. The van der Waals surface area contributed by atoms with Gasteiger partial charge in [0, 0.05) is 19.2 Å². The minimum atomic E-state index is -1.08. The third-order valence-electron chi connectivity index (χ3n) is 4.40. The van der Waals surface area contributed by atoms with Crippen molar-refractivity contribution in [2.45, 2.75) is 27.4 Å². The van der Waals surface area contributed by atoms with Gasteiger partial charge in [0.25, 0.3) is 0 Å². The number of ether oxygens (including phenoxy) is 2. The third-order valence-corrected chi connectivity index (χ3v) is 4.40. The normalized spacial score (nSPS) is 11.1. The number of hydrogen-bond donors (Lipinski definition) is 1. The number of likely N-dealkylation sites (N-methyl/N-ethyl adjacent to an activating group) is 1. The Morgan fingerprint density at radius 2 is 1.69 bits per heavy atom. The molecule has 0 unspecified atom stereocenters. The first-order valence-electron chi connectivity index (χ1n) is 9.57. The summed E-state index contributed by atoms with van der Waals surface area (Å²) in [6, 6.07) is 14.9. The number of benzene rings is 2. The number of hydrogen-bond acceptors (Lipinski definition) is 4. The Labute approximate surface area is 171 Å². The number of rotatable bonds is 10. The molecule has 0 aliphatic heterocycles. The zero-order valence-corrected chi connectivity index (χ0v) is 17.1. The van der Waals surface area contributed by atoms with Crippen molar-refractivity contribution in [3.05, 3.63) is 65.7 Å². The third kappa shape index (κ3) is 6.68. The quantitative estimate of drug-likeness (QED) is 0.613. The van der Waals surface area contributed by atoms with Crippen molar-refractivity contribution in [1.82, 2.24) is 4.90 Å². The maximum absolute atomic E-state index is 12.3. The largest absolute Gasteiger partial charge is 0.485 e. The van der Waals surface area contributed by atoms with Gasteiger partial charge in [-0.05, 0) is 49.6 Å². The lowest BCUT2D eigenvalue weighted by Gasteiger charge is -2.17. The number of aliphatic carboxylic acids is 1. The van der Waals surface area contributed by atoms with Crippen LogP contribution < -0.4 is 9.47 Å². The van der Waals surface area contributed by atoms with Crippen molar-refractivity contribution in [3.63, 3.8) is 0 Å². The van der Waals surface area contributed by atoms with E-state index in [0.717, 1.165) is 16.7 Å². The molecule has 0 fully saturated rings. The Morgan fingerprint density at radius 3 is 2.31 bits per heavy atom. The smallest absolute Gasteiger partial charge is 0.341 e. The summed E-state index contributed by atoms with van der Waals surface area (Å²) in [5, 5.41) is 8.96. The standard InChI is InChI=1S/C23H27NO5/c1-4-24(5-2)22(25)13-17(3)19-11-12-20(21(14-19)29-16-23(26)27)28-15-18-9-7-6-8-10-18/h6-14H,4-5,15-16H2,1-3H3,(H,26,27)/b17-13-. The Morgan fingerprint density at radius 1 is 1.00 bits per heavy atom. The van der Waals surface area contributed by atoms with Gasteiger partial charge in [0.2, 0.25) is 5.91 Å². The second kappa shape index (κ2) is 10.9. The molecule has 2 aromatic rings. The van der Waals surface area contributed by atoms with E-state index in [1.807, 2.05) is 57.2 Å². The molecule has 0 aromatic heterocycles. The summed E-state index contributed by atoms with van der Waals surface area (Å²) in [6.07, 6.45) is 1.58. The summed E-state index contributed by atoms with van der Waals surface area (Å²) >= 11 is 0. The number of carbonyl (C=O) groups excluding carboxylic acids is 1. The number of carboxylic acids is 1. The van der Waals surface area contributed by atoms with E-state index in [-0.39, 0.29) is 5.91 Å². The van der Waals surface area contributed by atoms with Gasteiger partial charge >= 0.3 is 5.97 Å². The van der Waals surface area contributed by atoms with Crippen LogP contribution in [0.4, 0.5) is 0 Å². The van der Waals surface area contributed by atoms with Crippen molar-refractivity contribution >= 4 is 17.4 Å². The predicted octanol–water partition coefficient (Wildman–Crippen LogP) is 4.00. The van der Waals surface area contributed by atoms with Gasteiger partial charge in [-0.3, -0.25) is 4.79 Å². The molecule has 0 atom stereocenters. The molecule has 2 rings (SSSR count). The van der Waals surface area contributed by atoms with E-state index in [0.29, 0.717) is 31.2 Å². The first-order chi connectivity index (χ1) is 13.9. The summed E-state index contributed by atoms with van der Waals surface area (Å²) in [4.78, 5) is 25.0. The first kappa shape index (κ1) is 22.0. The number of amides is 1. The minimum absolute atomic E-state index is 0.0649. The fourth-order valence-corrected chi connectivity index (χ4v) is 2.76. The van der Waals surface area contributed by atoms with Crippen LogP contribution in [0.2, 0.25) is 0 Å². The van der Waals surface area contributed by atoms with Crippen LogP contribution in [0, 0.1) is 0 Å². The average Bonchev–Trinajstić information content (AvgIpc) is 2.72. The van der Waals surface area contributed by atoms with Crippen LogP contribution in [-0.2, 0) is 16.2 Å². The van der Waals surface area contributed by atoms with Crippen LogP contribution in [0.25, 0.3) is 5.57 Å². The maximum Gasteiger partial charge on any atom is 0.341 e. The molecule has 29 heavy (non-hydrogen) atoms. The highest BCUT2D eigenvalue weighted by Gasteiger charge is 2.12. The lowest BCUT2D eigenvalue weighted by molar-refractivity contribution is -0.139. The first-order valence-corrected chi connectivity index (χ1v) is 9.57. The zero-order chi connectivity index (χ0) is 21.2. The van der Waals surface area contributed by atoms with Crippen LogP contribution in [0.1, 0.15) is 31.9 Å². The van der Waals surface area contributed by atoms with E-state index in [4.69, 9.17) is 14.6 Å². The number of carbonyl (C=O) groups is 2. The van der Waals surface area contributed by atoms with Crippen molar-refractivity contribution < 1.29 is 24.2 Å². The number of carboxylic acid groups (broad SMARTS) is 1. The molecule has 6 heteroatoms. The molecule has 0 spiro atoms. The minimum Gasteiger partial charge on any atom is -0.485 e. The van der Waals surface area contributed by atoms with Gasteiger partial charge in [0.1, 0.15) is 6.61 Å². The second-order valence-electron chi connectivity index (χ2n) is 6.46.